The highest BCUT2D eigenvalue weighted by Crippen LogP contribution is 2.40. The van der Waals surface area contributed by atoms with E-state index in [9.17, 15) is 0 Å². The molecule has 1 aliphatic carbocycles. The zero-order valence-corrected chi connectivity index (χ0v) is 9.07. The van der Waals surface area contributed by atoms with E-state index >= 15 is 0 Å². The standard InChI is InChI=1S/C11H13ClN2O/c12-11-2-1-9(5-13-11)15-6-8-3-7-4-10(7)14-8/h1-2,5,7-8,10,14H,3-4,6H2/t7-,8+,10+/m1/s1. The molecule has 1 aliphatic heterocycles. The Morgan fingerprint density at radius 3 is 3.07 bits per heavy atom. The highest BCUT2D eigenvalue weighted by atomic mass is 35.5. The van der Waals surface area contributed by atoms with E-state index in [1.54, 1.807) is 12.3 Å². The Labute approximate surface area is 93.8 Å². The largest absolute Gasteiger partial charge is 0.490 e. The van der Waals surface area contributed by atoms with Gasteiger partial charge in [-0.1, -0.05) is 11.6 Å². The molecular formula is C11H13ClN2O. The highest BCUT2D eigenvalue weighted by molar-refractivity contribution is 6.29. The predicted octanol–water partition coefficient (Wildman–Crippen LogP) is 1.86. The van der Waals surface area contributed by atoms with Crippen molar-refractivity contribution < 1.29 is 4.74 Å². The molecule has 15 heavy (non-hydrogen) atoms. The van der Waals surface area contributed by atoms with E-state index in [1.807, 2.05) is 6.07 Å². The molecule has 1 aromatic rings. The van der Waals surface area contributed by atoms with Crippen LogP contribution in [-0.4, -0.2) is 23.7 Å². The third kappa shape index (κ3) is 2.08. The lowest BCUT2D eigenvalue weighted by Crippen LogP contribution is -2.31. The molecule has 1 aromatic heterocycles. The molecule has 1 saturated heterocycles. The van der Waals surface area contributed by atoms with Gasteiger partial charge in [0, 0.05) is 12.1 Å². The summed E-state index contributed by atoms with van der Waals surface area (Å²) < 4.78 is 5.63. The van der Waals surface area contributed by atoms with Gasteiger partial charge in [-0.3, -0.25) is 0 Å². The van der Waals surface area contributed by atoms with Crippen LogP contribution in [0.3, 0.4) is 0 Å². The Hall–Kier alpha value is -0.800. The van der Waals surface area contributed by atoms with Gasteiger partial charge in [-0.2, -0.15) is 0 Å². The van der Waals surface area contributed by atoms with E-state index in [-0.39, 0.29) is 0 Å². The van der Waals surface area contributed by atoms with Gasteiger partial charge in [0.15, 0.2) is 0 Å². The summed E-state index contributed by atoms with van der Waals surface area (Å²) in [7, 11) is 0. The third-order valence-electron chi connectivity index (χ3n) is 3.11. The Bertz CT molecular complexity index is 344. The quantitative estimate of drug-likeness (QED) is 0.796. The molecule has 0 bridgehead atoms. The van der Waals surface area contributed by atoms with Crippen LogP contribution in [0.15, 0.2) is 18.3 Å². The van der Waals surface area contributed by atoms with Crippen LogP contribution in [0.4, 0.5) is 0 Å². The summed E-state index contributed by atoms with van der Waals surface area (Å²) in [6, 6.07) is 4.90. The summed E-state index contributed by atoms with van der Waals surface area (Å²) in [5.41, 5.74) is 0. The number of fused-ring (bicyclic) bond motifs is 1. The summed E-state index contributed by atoms with van der Waals surface area (Å²) in [5, 5.41) is 4.04. The molecule has 3 nitrogen and oxygen atoms in total. The van der Waals surface area contributed by atoms with Crippen LogP contribution in [0.1, 0.15) is 12.8 Å². The van der Waals surface area contributed by atoms with E-state index in [4.69, 9.17) is 16.3 Å². The molecule has 2 aliphatic rings. The average molecular weight is 225 g/mol. The molecule has 0 amide bonds. The van der Waals surface area contributed by atoms with Crippen molar-refractivity contribution in [1.82, 2.24) is 10.3 Å². The second-order valence-corrected chi connectivity index (χ2v) is 4.72. The van der Waals surface area contributed by atoms with Crippen molar-refractivity contribution in [3.05, 3.63) is 23.5 Å². The number of ether oxygens (including phenoxy) is 1. The Morgan fingerprint density at radius 1 is 1.47 bits per heavy atom. The number of piperidine rings is 1. The van der Waals surface area contributed by atoms with E-state index in [1.165, 1.54) is 12.8 Å². The summed E-state index contributed by atoms with van der Waals surface area (Å²) in [6.07, 6.45) is 4.28. The van der Waals surface area contributed by atoms with Crippen molar-refractivity contribution in [2.24, 2.45) is 5.92 Å². The van der Waals surface area contributed by atoms with Crippen molar-refractivity contribution >= 4 is 11.6 Å². The lowest BCUT2D eigenvalue weighted by atomic mass is 10.2. The molecule has 2 heterocycles. The van der Waals surface area contributed by atoms with E-state index in [0.29, 0.717) is 11.2 Å². The fourth-order valence-corrected chi connectivity index (χ4v) is 2.32. The third-order valence-corrected chi connectivity index (χ3v) is 3.33. The molecule has 1 N–H and O–H groups in total. The van der Waals surface area contributed by atoms with Crippen LogP contribution in [0.2, 0.25) is 5.15 Å². The Kier molecular flexibility index (Phi) is 2.29. The fourth-order valence-electron chi connectivity index (χ4n) is 2.21. The average Bonchev–Trinajstić information content (AvgIpc) is 2.86. The lowest BCUT2D eigenvalue weighted by molar-refractivity contribution is 0.267. The minimum atomic E-state index is 0.502. The van der Waals surface area contributed by atoms with Crippen molar-refractivity contribution in [3.63, 3.8) is 0 Å². The molecule has 3 atom stereocenters. The summed E-state index contributed by atoms with van der Waals surface area (Å²) in [5.74, 6) is 1.71. The van der Waals surface area contributed by atoms with E-state index in [0.717, 1.165) is 24.3 Å². The van der Waals surface area contributed by atoms with Crippen molar-refractivity contribution in [3.8, 4) is 5.75 Å². The highest BCUT2D eigenvalue weighted by Gasteiger charge is 2.45. The van der Waals surface area contributed by atoms with Crippen LogP contribution in [0.25, 0.3) is 0 Å². The first-order valence-corrected chi connectivity index (χ1v) is 5.69. The second-order valence-electron chi connectivity index (χ2n) is 4.33. The molecule has 80 valence electrons. The summed E-state index contributed by atoms with van der Waals surface area (Å²) in [4.78, 5) is 3.97. The molecule has 2 fully saturated rings. The Balaban J connectivity index is 1.51. The number of hydrogen-bond donors (Lipinski definition) is 1. The number of hydrogen-bond acceptors (Lipinski definition) is 3. The van der Waals surface area contributed by atoms with Gasteiger partial charge in [0.05, 0.1) is 6.20 Å². The minimum absolute atomic E-state index is 0.502. The van der Waals surface area contributed by atoms with Crippen molar-refractivity contribution in [2.45, 2.75) is 24.9 Å². The SMILES string of the molecule is Clc1ccc(OC[C@@H]2C[C@@H]3C[C@@H]3N2)cn1. The number of nitrogens with zero attached hydrogens (tertiary/aromatic N) is 1. The van der Waals surface area contributed by atoms with Crippen LogP contribution in [0, 0.1) is 5.92 Å². The smallest absolute Gasteiger partial charge is 0.137 e. The first kappa shape index (κ1) is 9.43. The topological polar surface area (TPSA) is 34.1 Å². The molecule has 0 unspecified atom stereocenters. The first-order chi connectivity index (χ1) is 7.31. The fraction of sp³-hybridized carbons (Fsp3) is 0.545. The molecule has 0 spiro atoms. The zero-order valence-electron chi connectivity index (χ0n) is 8.32. The van der Waals surface area contributed by atoms with Gasteiger partial charge in [0.25, 0.3) is 0 Å². The number of halogens is 1. The van der Waals surface area contributed by atoms with E-state index in [2.05, 4.69) is 10.3 Å². The van der Waals surface area contributed by atoms with Crippen LogP contribution < -0.4 is 10.1 Å². The van der Waals surface area contributed by atoms with Gasteiger partial charge < -0.3 is 10.1 Å². The first-order valence-electron chi connectivity index (χ1n) is 5.31. The molecule has 0 radical (unpaired) electrons. The number of pyridine rings is 1. The molecular weight excluding hydrogens is 212 g/mol. The second kappa shape index (κ2) is 3.65. The van der Waals surface area contributed by atoms with Crippen LogP contribution in [0.5, 0.6) is 5.75 Å². The Morgan fingerprint density at radius 2 is 2.40 bits per heavy atom. The predicted molar refractivity (Wildman–Crippen MR) is 58.2 cm³/mol. The van der Waals surface area contributed by atoms with Gasteiger partial charge in [0.1, 0.15) is 17.5 Å². The zero-order chi connectivity index (χ0) is 10.3. The maximum absolute atomic E-state index is 5.68. The maximum atomic E-state index is 5.68. The monoisotopic (exact) mass is 224 g/mol. The van der Waals surface area contributed by atoms with Crippen molar-refractivity contribution in [1.29, 1.82) is 0 Å². The van der Waals surface area contributed by atoms with Gasteiger partial charge in [-0.25, -0.2) is 4.98 Å². The summed E-state index contributed by atoms with van der Waals surface area (Å²) >= 11 is 5.68. The molecule has 0 aromatic carbocycles. The molecule has 1 saturated carbocycles. The lowest BCUT2D eigenvalue weighted by Gasteiger charge is -2.13. The normalized spacial score (nSPS) is 32.5. The van der Waals surface area contributed by atoms with Crippen molar-refractivity contribution in [2.75, 3.05) is 6.61 Å². The van der Waals surface area contributed by atoms with Gasteiger partial charge in [-0.05, 0) is 30.9 Å². The van der Waals surface area contributed by atoms with E-state index < -0.39 is 0 Å². The van der Waals surface area contributed by atoms with Crippen LogP contribution >= 0.6 is 11.6 Å². The maximum Gasteiger partial charge on any atom is 0.137 e. The van der Waals surface area contributed by atoms with Gasteiger partial charge in [-0.15, -0.1) is 0 Å². The number of rotatable bonds is 3. The molecule has 3 rings (SSSR count). The summed E-state index contributed by atoms with van der Waals surface area (Å²) in [6.45, 7) is 0.732. The van der Waals surface area contributed by atoms with Crippen LogP contribution in [-0.2, 0) is 0 Å². The number of nitrogens with one attached hydrogen (secondary N) is 1. The van der Waals surface area contributed by atoms with Gasteiger partial charge in [0.2, 0.25) is 0 Å². The minimum Gasteiger partial charge on any atom is -0.490 e. The molecule has 4 heteroatoms. The number of aromatic nitrogens is 1. The van der Waals surface area contributed by atoms with Gasteiger partial charge >= 0.3 is 0 Å².